The van der Waals surface area contributed by atoms with Gasteiger partial charge in [0.1, 0.15) is 18.1 Å². The Hall–Kier alpha value is -7.17. The molecule has 0 aliphatic heterocycles. The third-order valence-corrected chi connectivity index (χ3v) is 10.2. The Morgan fingerprint density at radius 2 is 0.952 bits per heavy atom. The van der Waals surface area contributed by atoms with Crippen molar-refractivity contribution in [2.75, 3.05) is 10.6 Å². The number of rotatable bonds is 9. The lowest BCUT2D eigenvalue weighted by Crippen LogP contribution is -2.13. The van der Waals surface area contributed by atoms with Gasteiger partial charge in [0.25, 0.3) is 11.8 Å². The second-order valence-electron chi connectivity index (χ2n) is 14.5. The van der Waals surface area contributed by atoms with E-state index in [-0.39, 0.29) is 24.2 Å². The highest BCUT2D eigenvalue weighted by molar-refractivity contribution is 6.05. The van der Waals surface area contributed by atoms with E-state index in [1.54, 1.807) is 36.7 Å². The minimum atomic E-state index is -0.177. The SMILES string of the molecule is CCc1cccnc1C.Cc1cccc(NC(=O)c2ccc(O)cc2)c1C.Cc1cccc(NC(=O)c2ccc(OCc3cccnc3C)cc2)c1C.Cc1ncccc1CO. The number of nitrogens with one attached hydrogen (secondary N) is 2. The number of aromatic nitrogens is 3. The van der Waals surface area contributed by atoms with Crippen LogP contribution in [0.4, 0.5) is 11.4 Å². The van der Waals surface area contributed by atoms with Gasteiger partial charge in [-0.1, -0.05) is 49.4 Å². The molecule has 3 aromatic heterocycles. The number of aliphatic hydroxyl groups is 1. The standard InChI is InChI=1S/C22H22N2O2.C15H15NO2.C8H11N.C7H9NO/c1-15-6-4-8-21(16(15)2)24-22(25)18-9-11-20(12-10-18)26-14-19-7-5-13-23-17(19)3;1-10-4-3-5-14(11(10)2)16-15(18)12-6-8-13(17)9-7-12;1-3-8-5-4-6-9-7(8)2;1-6-7(5-9)3-2-4-8-6/h4-13H,14H2,1-3H3,(H,24,25);3-9,17H,1-2H3,(H,16,18);4-6H,3H2,1-2H3;2-4,9H,5H2,1H3. The van der Waals surface area contributed by atoms with Crippen LogP contribution in [-0.2, 0) is 19.6 Å². The van der Waals surface area contributed by atoms with E-state index in [1.807, 2.05) is 134 Å². The van der Waals surface area contributed by atoms with E-state index in [4.69, 9.17) is 9.84 Å². The molecule has 7 rings (SSSR count). The lowest BCUT2D eigenvalue weighted by molar-refractivity contribution is 0.101. The summed E-state index contributed by atoms with van der Waals surface area (Å²) in [6, 6.07) is 36.7. The molecule has 4 aromatic carbocycles. The highest BCUT2D eigenvalue weighted by Gasteiger charge is 2.10. The summed E-state index contributed by atoms with van der Waals surface area (Å²) in [6.07, 6.45) is 6.39. The highest BCUT2D eigenvalue weighted by Crippen LogP contribution is 2.22. The van der Waals surface area contributed by atoms with Crippen molar-refractivity contribution in [2.24, 2.45) is 0 Å². The Morgan fingerprint density at radius 3 is 1.34 bits per heavy atom. The number of hydrogen-bond donors (Lipinski definition) is 4. The number of aryl methyl sites for hydroxylation is 6. The van der Waals surface area contributed by atoms with Crippen molar-refractivity contribution in [1.82, 2.24) is 15.0 Å². The lowest BCUT2D eigenvalue weighted by atomic mass is 10.1. The minimum absolute atomic E-state index is 0.0830. The lowest BCUT2D eigenvalue weighted by Gasteiger charge is -2.11. The van der Waals surface area contributed by atoms with Gasteiger partial charge in [-0.15, -0.1) is 0 Å². The molecular formula is C52H57N5O5. The summed E-state index contributed by atoms with van der Waals surface area (Å²) in [5, 5.41) is 23.7. The molecule has 10 nitrogen and oxygen atoms in total. The molecule has 4 N–H and O–H groups in total. The van der Waals surface area contributed by atoms with Crippen molar-refractivity contribution in [3.8, 4) is 11.5 Å². The molecular weight excluding hydrogens is 775 g/mol. The molecule has 7 aromatic rings. The quantitative estimate of drug-likeness (QED) is 0.112. The fraction of sp³-hybridized carbons (Fsp3) is 0.212. The average molecular weight is 832 g/mol. The predicted molar refractivity (Wildman–Crippen MR) is 249 cm³/mol. The fourth-order valence-corrected chi connectivity index (χ4v) is 5.88. The molecule has 0 atom stereocenters. The maximum Gasteiger partial charge on any atom is 0.255 e. The molecule has 62 heavy (non-hydrogen) atoms. The molecule has 0 radical (unpaired) electrons. The van der Waals surface area contributed by atoms with E-state index in [0.29, 0.717) is 17.7 Å². The van der Waals surface area contributed by atoms with Crippen molar-refractivity contribution in [3.05, 3.63) is 207 Å². The molecule has 10 heteroatoms. The van der Waals surface area contributed by atoms with Gasteiger partial charge in [0, 0.05) is 63.7 Å². The number of phenolic OH excluding ortho intramolecular Hbond substituents is 1. The molecule has 320 valence electrons. The van der Waals surface area contributed by atoms with Crippen LogP contribution in [0.2, 0.25) is 0 Å². The average Bonchev–Trinajstić information content (AvgIpc) is 3.28. The van der Waals surface area contributed by atoms with Crippen molar-refractivity contribution in [2.45, 2.75) is 75.0 Å². The molecule has 0 saturated carbocycles. The number of carbonyl (C=O) groups is 2. The zero-order chi connectivity index (χ0) is 45.0. The van der Waals surface area contributed by atoms with Gasteiger partial charge in [0.15, 0.2) is 0 Å². The molecule has 0 fully saturated rings. The predicted octanol–water partition coefficient (Wildman–Crippen LogP) is 10.9. The molecule has 0 saturated heterocycles. The summed E-state index contributed by atoms with van der Waals surface area (Å²) in [6.45, 7) is 16.6. The molecule has 0 bridgehead atoms. The van der Waals surface area contributed by atoms with Crippen molar-refractivity contribution in [3.63, 3.8) is 0 Å². The van der Waals surface area contributed by atoms with E-state index < -0.39 is 0 Å². The first kappa shape index (κ1) is 47.5. The van der Waals surface area contributed by atoms with Gasteiger partial charge in [0.05, 0.1) is 6.61 Å². The van der Waals surface area contributed by atoms with E-state index >= 15 is 0 Å². The van der Waals surface area contributed by atoms with E-state index in [0.717, 1.165) is 74.0 Å². The first-order chi connectivity index (χ1) is 29.8. The summed E-state index contributed by atoms with van der Waals surface area (Å²) in [4.78, 5) is 36.8. The Balaban J connectivity index is 0.000000201. The van der Waals surface area contributed by atoms with Crippen LogP contribution in [0.1, 0.15) is 83.7 Å². The van der Waals surface area contributed by atoms with Crippen molar-refractivity contribution >= 4 is 23.2 Å². The monoisotopic (exact) mass is 831 g/mol. The topological polar surface area (TPSA) is 147 Å². The third kappa shape index (κ3) is 14.5. The number of carbonyl (C=O) groups excluding carboxylic acids is 2. The third-order valence-electron chi connectivity index (χ3n) is 10.2. The van der Waals surface area contributed by atoms with E-state index in [9.17, 15) is 14.7 Å². The van der Waals surface area contributed by atoms with E-state index in [2.05, 4.69) is 38.6 Å². The Labute approximate surface area is 365 Å². The Morgan fingerprint density at radius 1 is 0.532 bits per heavy atom. The summed E-state index contributed by atoms with van der Waals surface area (Å²) < 4.78 is 5.79. The smallest absolute Gasteiger partial charge is 0.255 e. The maximum atomic E-state index is 12.5. The van der Waals surface area contributed by atoms with Crippen LogP contribution in [0, 0.1) is 48.5 Å². The number of pyridine rings is 3. The van der Waals surface area contributed by atoms with Crippen LogP contribution in [0.5, 0.6) is 11.5 Å². The number of aromatic hydroxyl groups is 1. The van der Waals surface area contributed by atoms with Gasteiger partial charge in [-0.2, -0.15) is 0 Å². The Bertz CT molecular complexity index is 2480. The van der Waals surface area contributed by atoms with Gasteiger partial charge >= 0.3 is 0 Å². The zero-order valence-corrected chi connectivity index (χ0v) is 36.9. The van der Waals surface area contributed by atoms with Crippen LogP contribution in [0.3, 0.4) is 0 Å². The largest absolute Gasteiger partial charge is 0.508 e. The van der Waals surface area contributed by atoms with Gasteiger partial charge in [-0.25, -0.2) is 0 Å². The normalized spacial score (nSPS) is 10.1. The fourth-order valence-electron chi connectivity index (χ4n) is 5.88. The van der Waals surface area contributed by atoms with Crippen molar-refractivity contribution < 1.29 is 24.5 Å². The number of anilines is 2. The summed E-state index contributed by atoms with van der Waals surface area (Å²) in [5.41, 5.74) is 13.5. The molecule has 0 unspecified atom stereocenters. The molecule has 0 spiro atoms. The second kappa shape index (κ2) is 24.2. The van der Waals surface area contributed by atoms with Crippen LogP contribution in [0.25, 0.3) is 0 Å². The van der Waals surface area contributed by atoms with Crippen LogP contribution < -0.4 is 15.4 Å². The summed E-state index contributed by atoms with van der Waals surface area (Å²) >= 11 is 0. The summed E-state index contributed by atoms with van der Waals surface area (Å²) in [5.74, 6) is 0.562. The highest BCUT2D eigenvalue weighted by atomic mass is 16.5. The van der Waals surface area contributed by atoms with Gasteiger partial charge in [-0.3, -0.25) is 24.5 Å². The van der Waals surface area contributed by atoms with Gasteiger partial charge in [-0.05, 0) is 167 Å². The van der Waals surface area contributed by atoms with Crippen LogP contribution >= 0.6 is 0 Å². The zero-order valence-electron chi connectivity index (χ0n) is 36.9. The molecule has 0 aliphatic rings. The molecule has 2 amide bonds. The van der Waals surface area contributed by atoms with Gasteiger partial charge in [0.2, 0.25) is 0 Å². The van der Waals surface area contributed by atoms with Crippen molar-refractivity contribution in [1.29, 1.82) is 0 Å². The number of benzene rings is 4. The molecule has 0 aliphatic carbocycles. The second-order valence-corrected chi connectivity index (χ2v) is 14.5. The first-order valence-corrected chi connectivity index (χ1v) is 20.4. The van der Waals surface area contributed by atoms with Crippen LogP contribution in [-0.4, -0.2) is 37.0 Å². The summed E-state index contributed by atoms with van der Waals surface area (Å²) in [7, 11) is 0. The number of aliphatic hydroxyl groups excluding tert-OH is 1. The number of phenols is 1. The van der Waals surface area contributed by atoms with E-state index in [1.165, 1.54) is 17.7 Å². The first-order valence-electron chi connectivity index (χ1n) is 20.4. The Kier molecular flexibility index (Phi) is 18.5. The van der Waals surface area contributed by atoms with Crippen LogP contribution in [0.15, 0.2) is 140 Å². The molecule has 3 heterocycles. The number of ether oxygens (including phenoxy) is 1. The minimum Gasteiger partial charge on any atom is -0.508 e. The van der Waals surface area contributed by atoms with Gasteiger partial charge < -0.3 is 25.6 Å². The number of hydrogen-bond acceptors (Lipinski definition) is 8. The number of nitrogens with zero attached hydrogens (tertiary/aromatic N) is 3. The maximum absolute atomic E-state index is 12.5. The number of amides is 2.